The molecule has 2 aliphatic heterocycles. The zero-order chi connectivity index (χ0) is 18.0. The Labute approximate surface area is 158 Å². The number of hydrogen-bond donors (Lipinski definition) is 1. The van der Waals surface area contributed by atoms with Crippen LogP contribution in [0.15, 0.2) is 30.6 Å². The Kier molecular flexibility index (Phi) is 3.71. The standard InChI is InChI=1S/C18H14Cl2FN3O2/c19-11-2-1-8(3-12(11)20)24-17(25)14-13(7-5-22-18(21)23-6-7)15-9-4-10(9)16(14)26-15/h1-3,5-6,9-10,13-16H,4H2,(H,24,25). The van der Waals surface area contributed by atoms with E-state index in [4.69, 9.17) is 27.9 Å². The highest BCUT2D eigenvalue weighted by Gasteiger charge is 2.68. The van der Waals surface area contributed by atoms with Crippen LogP contribution in [0.4, 0.5) is 10.1 Å². The lowest BCUT2D eigenvalue weighted by atomic mass is 9.75. The summed E-state index contributed by atoms with van der Waals surface area (Å²) < 4.78 is 19.2. The molecule has 1 aromatic heterocycles. The fraction of sp³-hybridized carbons (Fsp3) is 0.389. The molecular formula is C18H14Cl2FN3O2. The molecule has 6 atom stereocenters. The number of carbonyl (C=O) groups excluding carboxylic acids is 1. The molecule has 3 fully saturated rings. The summed E-state index contributed by atoms with van der Waals surface area (Å²) in [7, 11) is 0. The number of amides is 1. The van der Waals surface area contributed by atoms with Crippen LogP contribution in [-0.2, 0) is 9.53 Å². The Bertz CT molecular complexity index is 895. The number of nitrogens with one attached hydrogen (secondary N) is 1. The van der Waals surface area contributed by atoms with Gasteiger partial charge in [0, 0.05) is 24.0 Å². The van der Waals surface area contributed by atoms with Crippen LogP contribution in [-0.4, -0.2) is 28.1 Å². The van der Waals surface area contributed by atoms with E-state index in [0.717, 1.165) is 12.0 Å². The van der Waals surface area contributed by atoms with Crippen LogP contribution in [0.1, 0.15) is 17.9 Å². The predicted molar refractivity (Wildman–Crippen MR) is 93.6 cm³/mol. The van der Waals surface area contributed by atoms with E-state index < -0.39 is 6.08 Å². The number of ether oxygens (including phenoxy) is 1. The molecule has 5 rings (SSSR count). The van der Waals surface area contributed by atoms with Crippen LogP contribution in [0.2, 0.25) is 10.0 Å². The molecule has 0 spiro atoms. The van der Waals surface area contributed by atoms with Crippen molar-refractivity contribution in [1.82, 2.24) is 9.97 Å². The first-order chi connectivity index (χ1) is 12.5. The molecular weight excluding hydrogens is 380 g/mol. The molecule has 6 unspecified atom stereocenters. The summed E-state index contributed by atoms with van der Waals surface area (Å²) in [5, 5.41) is 3.71. The number of hydrogen-bond acceptors (Lipinski definition) is 4. The van der Waals surface area contributed by atoms with Crippen molar-refractivity contribution in [2.45, 2.75) is 24.5 Å². The summed E-state index contributed by atoms with van der Waals surface area (Å²) in [6.07, 6.45) is 3.04. The van der Waals surface area contributed by atoms with Gasteiger partial charge >= 0.3 is 6.08 Å². The van der Waals surface area contributed by atoms with E-state index in [2.05, 4.69) is 15.3 Å². The molecule has 2 saturated heterocycles. The van der Waals surface area contributed by atoms with E-state index in [1.165, 1.54) is 12.4 Å². The molecule has 134 valence electrons. The molecule has 2 aromatic rings. The maximum atomic E-state index is 13.1. The van der Waals surface area contributed by atoms with E-state index in [1.54, 1.807) is 18.2 Å². The van der Waals surface area contributed by atoms with Gasteiger partial charge in [0.05, 0.1) is 28.2 Å². The van der Waals surface area contributed by atoms with Crippen molar-refractivity contribution in [3.8, 4) is 0 Å². The average Bonchev–Trinajstić information content (AvgIpc) is 3.24. The van der Waals surface area contributed by atoms with Crippen molar-refractivity contribution in [2.24, 2.45) is 17.8 Å². The molecule has 0 radical (unpaired) electrons. The summed E-state index contributed by atoms with van der Waals surface area (Å²) in [6.45, 7) is 0. The van der Waals surface area contributed by atoms with Crippen molar-refractivity contribution in [3.05, 3.63) is 52.3 Å². The van der Waals surface area contributed by atoms with Crippen LogP contribution in [0.5, 0.6) is 0 Å². The van der Waals surface area contributed by atoms with Crippen LogP contribution in [0.25, 0.3) is 0 Å². The van der Waals surface area contributed by atoms with Gasteiger partial charge in [0.25, 0.3) is 0 Å². The Balaban J connectivity index is 1.44. The maximum Gasteiger partial charge on any atom is 0.308 e. The molecule has 5 nitrogen and oxygen atoms in total. The first kappa shape index (κ1) is 16.4. The zero-order valence-corrected chi connectivity index (χ0v) is 14.9. The fourth-order valence-corrected chi connectivity index (χ4v) is 4.79. The van der Waals surface area contributed by atoms with Crippen LogP contribution >= 0.6 is 23.2 Å². The Morgan fingerprint density at radius 2 is 1.88 bits per heavy atom. The number of nitrogens with zero attached hydrogens (tertiary/aromatic N) is 2. The van der Waals surface area contributed by atoms with Gasteiger partial charge in [-0.05, 0) is 42.0 Å². The fourth-order valence-electron chi connectivity index (χ4n) is 4.49. The van der Waals surface area contributed by atoms with Gasteiger partial charge in [-0.3, -0.25) is 4.79 Å². The quantitative estimate of drug-likeness (QED) is 0.807. The number of anilines is 1. The van der Waals surface area contributed by atoms with Crippen molar-refractivity contribution >= 4 is 34.8 Å². The summed E-state index contributed by atoms with van der Waals surface area (Å²) >= 11 is 12.0. The second-order valence-corrected chi connectivity index (χ2v) is 7.90. The highest BCUT2D eigenvalue weighted by Crippen LogP contribution is 2.65. The number of carbonyl (C=O) groups is 1. The molecule has 1 aliphatic carbocycles. The third-order valence-electron chi connectivity index (χ3n) is 5.66. The Hall–Kier alpha value is -1.76. The summed E-state index contributed by atoms with van der Waals surface area (Å²) in [4.78, 5) is 20.3. The van der Waals surface area contributed by atoms with Gasteiger partial charge in [0.2, 0.25) is 5.91 Å². The summed E-state index contributed by atoms with van der Waals surface area (Å²) in [5.41, 5.74) is 1.31. The average molecular weight is 394 g/mol. The summed E-state index contributed by atoms with van der Waals surface area (Å²) in [6, 6.07) is 4.96. The number of benzene rings is 1. The van der Waals surface area contributed by atoms with Gasteiger partial charge in [-0.25, -0.2) is 9.97 Å². The lowest BCUT2D eigenvalue weighted by molar-refractivity contribution is -0.122. The lowest BCUT2D eigenvalue weighted by Crippen LogP contribution is -2.37. The van der Waals surface area contributed by atoms with Gasteiger partial charge in [-0.1, -0.05) is 23.2 Å². The molecule has 1 amide bonds. The smallest absolute Gasteiger partial charge is 0.308 e. The normalized spacial score (nSPS) is 33.8. The van der Waals surface area contributed by atoms with Gasteiger partial charge in [0.15, 0.2) is 0 Å². The second-order valence-electron chi connectivity index (χ2n) is 7.08. The molecule has 2 bridgehead atoms. The van der Waals surface area contributed by atoms with Crippen LogP contribution < -0.4 is 5.32 Å². The number of rotatable bonds is 3. The van der Waals surface area contributed by atoms with Crippen molar-refractivity contribution in [1.29, 1.82) is 0 Å². The molecule has 1 N–H and O–H groups in total. The van der Waals surface area contributed by atoms with E-state index >= 15 is 0 Å². The predicted octanol–water partition coefficient (Wildman–Crippen LogP) is 3.68. The minimum atomic E-state index is -0.779. The summed E-state index contributed by atoms with van der Waals surface area (Å²) in [5.74, 6) is 0.223. The Morgan fingerprint density at radius 3 is 2.62 bits per heavy atom. The third-order valence-corrected chi connectivity index (χ3v) is 6.40. The highest BCUT2D eigenvalue weighted by molar-refractivity contribution is 6.42. The monoisotopic (exact) mass is 393 g/mol. The van der Waals surface area contributed by atoms with E-state index in [1.807, 2.05) is 0 Å². The minimum Gasteiger partial charge on any atom is -0.373 e. The van der Waals surface area contributed by atoms with Crippen molar-refractivity contribution < 1.29 is 13.9 Å². The number of aromatic nitrogens is 2. The molecule has 3 aliphatic rings. The Morgan fingerprint density at radius 1 is 1.15 bits per heavy atom. The largest absolute Gasteiger partial charge is 0.373 e. The van der Waals surface area contributed by atoms with Crippen LogP contribution in [0.3, 0.4) is 0 Å². The molecule has 1 saturated carbocycles. The first-order valence-corrected chi connectivity index (χ1v) is 9.17. The molecule has 8 heteroatoms. The maximum absolute atomic E-state index is 13.1. The minimum absolute atomic E-state index is 0.0383. The number of fused-ring (bicyclic) bond motifs is 5. The molecule has 26 heavy (non-hydrogen) atoms. The number of halogens is 3. The van der Waals surface area contributed by atoms with E-state index in [0.29, 0.717) is 27.6 Å². The van der Waals surface area contributed by atoms with Gasteiger partial charge in [-0.2, -0.15) is 4.39 Å². The SMILES string of the molecule is O=C(Nc1ccc(Cl)c(Cl)c1)C1C2OC(C3CC32)C1c1cnc(F)nc1. The second kappa shape index (κ2) is 5.87. The third kappa shape index (κ3) is 2.51. The van der Waals surface area contributed by atoms with Gasteiger partial charge < -0.3 is 10.1 Å². The topological polar surface area (TPSA) is 64.1 Å². The van der Waals surface area contributed by atoms with Gasteiger partial charge in [0.1, 0.15) is 0 Å². The van der Waals surface area contributed by atoms with E-state index in [-0.39, 0.29) is 30.0 Å². The lowest BCUT2D eigenvalue weighted by Gasteiger charge is -2.26. The zero-order valence-electron chi connectivity index (χ0n) is 13.4. The van der Waals surface area contributed by atoms with Crippen LogP contribution in [0, 0.1) is 23.8 Å². The molecule has 1 aromatic carbocycles. The van der Waals surface area contributed by atoms with Crippen molar-refractivity contribution in [3.63, 3.8) is 0 Å². The van der Waals surface area contributed by atoms with Crippen molar-refractivity contribution in [2.75, 3.05) is 5.32 Å². The first-order valence-electron chi connectivity index (χ1n) is 8.42. The van der Waals surface area contributed by atoms with E-state index in [9.17, 15) is 9.18 Å². The molecule has 3 heterocycles. The highest BCUT2D eigenvalue weighted by atomic mass is 35.5. The van der Waals surface area contributed by atoms with Gasteiger partial charge in [-0.15, -0.1) is 0 Å².